The van der Waals surface area contributed by atoms with Crippen molar-refractivity contribution in [2.75, 3.05) is 0 Å². The summed E-state index contributed by atoms with van der Waals surface area (Å²) < 4.78 is 0.462. The smallest absolute Gasteiger partial charge is 0.114 e. The molecule has 1 unspecified atom stereocenters. The Morgan fingerprint density at radius 1 is 1.09 bits per heavy atom. The van der Waals surface area contributed by atoms with Crippen LogP contribution in [0.1, 0.15) is 10.0 Å². The maximum absolute atomic E-state index is 3.62. The molecule has 0 bridgehead atoms. The van der Waals surface area contributed by atoms with Crippen LogP contribution in [-0.2, 0) is 0 Å². The first kappa shape index (κ1) is 9.96. The summed E-state index contributed by atoms with van der Waals surface area (Å²) in [5.41, 5.74) is 1.33. The Hall–Kier alpha value is 0.877. The van der Waals surface area contributed by atoms with E-state index in [4.69, 9.17) is 0 Å². The highest BCUT2D eigenvalue weighted by atomic mass is 79.9. The fourth-order valence-corrected chi connectivity index (χ4v) is 3.43. The summed E-state index contributed by atoms with van der Waals surface area (Å²) in [6.45, 7) is 0. The molecule has 0 radical (unpaired) electrons. The Bertz CT molecular complexity index is 212. The zero-order valence-electron chi connectivity index (χ0n) is 5.68. The predicted molar refractivity (Wildman–Crippen MR) is 63.1 cm³/mol. The molecule has 1 rings (SSSR count). The van der Waals surface area contributed by atoms with Crippen molar-refractivity contribution >= 4 is 52.6 Å². The molecule has 11 heavy (non-hydrogen) atoms. The minimum atomic E-state index is -0.950. The fourth-order valence-electron chi connectivity index (χ4n) is 0.782. The average Bonchev–Trinajstić information content (AvgIpc) is 2.05. The standard InChI is InChI=1S/C7H7Br3Si/c8-7(11(9)10)6-4-2-1-3-5-6/h1-5,7,11H. The highest BCUT2D eigenvalue weighted by Gasteiger charge is 2.15. The van der Waals surface area contributed by atoms with Crippen molar-refractivity contribution in [3.8, 4) is 0 Å². The van der Waals surface area contributed by atoms with Gasteiger partial charge in [0.25, 0.3) is 0 Å². The van der Waals surface area contributed by atoms with Gasteiger partial charge in [0.2, 0.25) is 6.04 Å². The van der Waals surface area contributed by atoms with Crippen LogP contribution in [0.4, 0.5) is 0 Å². The predicted octanol–water partition coefficient (Wildman–Crippen LogP) is 3.67. The van der Waals surface area contributed by atoms with E-state index in [0.717, 1.165) is 0 Å². The summed E-state index contributed by atoms with van der Waals surface area (Å²) in [4.78, 5) is 0. The van der Waals surface area contributed by atoms with Crippen molar-refractivity contribution in [3.63, 3.8) is 0 Å². The molecule has 0 aliphatic carbocycles. The van der Waals surface area contributed by atoms with E-state index in [0.29, 0.717) is 4.45 Å². The lowest BCUT2D eigenvalue weighted by Crippen LogP contribution is -2.02. The van der Waals surface area contributed by atoms with Crippen molar-refractivity contribution in [2.45, 2.75) is 4.45 Å². The molecule has 1 aromatic carbocycles. The molecule has 0 heterocycles. The highest BCUT2D eigenvalue weighted by Crippen LogP contribution is 2.30. The number of halogens is 3. The van der Waals surface area contributed by atoms with Crippen LogP contribution in [0.15, 0.2) is 30.3 Å². The second-order valence-electron chi connectivity index (χ2n) is 2.15. The van der Waals surface area contributed by atoms with Gasteiger partial charge in [-0.15, -0.1) is 30.6 Å². The van der Waals surface area contributed by atoms with Gasteiger partial charge in [0.1, 0.15) is 0 Å². The van der Waals surface area contributed by atoms with Gasteiger partial charge in [-0.2, -0.15) is 0 Å². The van der Waals surface area contributed by atoms with E-state index >= 15 is 0 Å². The van der Waals surface area contributed by atoms with Gasteiger partial charge >= 0.3 is 0 Å². The summed E-state index contributed by atoms with van der Waals surface area (Å²) in [5, 5.41) is 0. The average molecular weight is 359 g/mol. The van der Waals surface area contributed by atoms with E-state index < -0.39 is 6.04 Å². The zero-order valence-corrected chi connectivity index (χ0v) is 11.6. The third kappa shape index (κ3) is 3.01. The Morgan fingerprint density at radius 3 is 2.09 bits per heavy atom. The molecule has 0 fully saturated rings. The van der Waals surface area contributed by atoms with Gasteiger partial charge < -0.3 is 0 Å². The summed E-state index contributed by atoms with van der Waals surface area (Å²) in [6.07, 6.45) is 0. The first-order chi connectivity index (χ1) is 5.22. The molecule has 0 amide bonds. The second kappa shape index (κ2) is 4.79. The molecule has 4 heteroatoms. The Kier molecular flexibility index (Phi) is 4.34. The van der Waals surface area contributed by atoms with Crippen LogP contribution < -0.4 is 0 Å². The van der Waals surface area contributed by atoms with Gasteiger partial charge in [-0.1, -0.05) is 46.3 Å². The van der Waals surface area contributed by atoms with Crippen LogP contribution in [0.3, 0.4) is 0 Å². The third-order valence-corrected chi connectivity index (χ3v) is 11.7. The van der Waals surface area contributed by atoms with Gasteiger partial charge in [0.05, 0.1) is 4.45 Å². The van der Waals surface area contributed by atoms with Gasteiger partial charge in [-0.05, 0) is 5.56 Å². The first-order valence-corrected chi connectivity index (χ1v) is 11.1. The van der Waals surface area contributed by atoms with E-state index in [2.05, 4.69) is 70.8 Å². The van der Waals surface area contributed by atoms with E-state index in [1.807, 2.05) is 6.07 Å². The fraction of sp³-hybridized carbons (Fsp3) is 0.143. The Balaban J connectivity index is 2.77. The maximum atomic E-state index is 3.62. The molecule has 0 nitrogen and oxygen atoms in total. The SMILES string of the molecule is BrC(c1ccccc1)[SiH](Br)Br. The molecular weight excluding hydrogens is 352 g/mol. The monoisotopic (exact) mass is 356 g/mol. The number of alkyl halides is 1. The molecule has 0 saturated carbocycles. The van der Waals surface area contributed by atoms with E-state index in [1.54, 1.807) is 0 Å². The minimum Gasteiger partial charge on any atom is -0.114 e. The van der Waals surface area contributed by atoms with Gasteiger partial charge in [-0.3, -0.25) is 0 Å². The van der Waals surface area contributed by atoms with Gasteiger partial charge in [-0.25, -0.2) is 0 Å². The normalized spacial score (nSPS) is 13.5. The summed E-state index contributed by atoms with van der Waals surface area (Å²) in [6, 6.07) is 9.45. The summed E-state index contributed by atoms with van der Waals surface area (Å²) >= 11 is 10.8. The molecule has 1 atom stereocenters. The van der Waals surface area contributed by atoms with Gasteiger partial charge in [0.15, 0.2) is 0 Å². The summed E-state index contributed by atoms with van der Waals surface area (Å²) in [5.74, 6) is 0. The molecule has 0 N–H and O–H groups in total. The van der Waals surface area contributed by atoms with Crippen molar-refractivity contribution < 1.29 is 0 Å². The molecule has 0 aliphatic heterocycles. The van der Waals surface area contributed by atoms with Crippen molar-refractivity contribution in [1.82, 2.24) is 0 Å². The Morgan fingerprint density at radius 2 is 1.64 bits per heavy atom. The van der Waals surface area contributed by atoms with Crippen molar-refractivity contribution in [1.29, 1.82) is 0 Å². The van der Waals surface area contributed by atoms with Crippen molar-refractivity contribution in [2.24, 2.45) is 0 Å². The van der Waals surface area contributed by atoms with Gasteiger partial charge in [0, 0.05) is 0 Å². The number of hydrogen-bond acceptors (Lipinski definition) is 0. The van der Waals surface area contributed by atoms with Crippen molar-refractivity contribution in [3.05, 3.63) is 35.9 Å². The van der Waals surface area contributed by atoms with Crippen LogP contribution >= 0.6 is 46.5 Å². The molecule has 0 aliphatic rings. The zero-order chi connectivity index (χ0) is 8.27. The lowest BCUT2D eigenvalue weighted by Gasteiger charge is -2.08. The largest absolute Gasteiger partial charge is 0.204 e. The summed E-state index contributed by atoms with van der Waals surface area (Å²) in [7, 11) is 0. The number of rotatable bonds is 2. The Labute approximate surface area is 92.3 Å². The number of hydrogen-bond donors (Lipinski definition) is 0. The lowest BCUT2D eigenvalue weighted by molar-refractivity contribution is 1.38. The maximum Gasteiger partial charge on any atom is 0.204 e. The van der Waals surface area contributed by atoms with Crippen LogP contribution in [0.2, 0.25) is 0 Å². The third-order valence-electron chi connectivity index (χ3n) is 1.34. The van der Waals surface area contributed by atoms with Crippen LogP contribution in [-0.4, -0.2) is 6.04 Å². The van der Waals surface area contributed by atoms with Crippen LogP contribution in [0.5, 0.6) is 0 Å². The minimum absolute atomic E-state index is 0.462. The molecule has 0 spiro atoms. The molecule has 0 aromatic heterocycles. The quantitative estimate of drug-likeness (QED) is 0.430. The van der Waals surface area contributed by atoms with Crippen LogP contribution in [0, 0.1) is 0 Å². The number of benzene rings is 1. The lowest BCUT2D eigenvalue weighted by atomic mass is 10.2. The molecular formula is C7H7Br3Si. The highest BCUT2D eigenvalue weighted by molar-refractivity contribution is 9.49. The topological polar surface area (TPSA) is 0 Å². The first-order valence-electron chi connectivity index (χ1n) is 3.19. The van der Waals surface area contributed by atoms with E-state index in [-0.39, 0.29) is 0 Å². The molecule has 0 saturated heterocycles. The molecule has 60 valence electrons. The van der Waals surface area contributed by atoms with E-state index in [9.17, 15) is 0 Å². The second-order valence-corrected chi connectivity index (χ2v) is 15.1. The van der Waals surface area contributed by atoms with Crippen LogP contribution in [0.25, 0.3) is 0 Å². The van der Waals surface area contributed by atoms with E-state index in [1.165, 1.54) is 5.56 Å². The molecule has 1 aromatic rings.